The largest absolute Gasteiger partial charge is 0.312 e. The van der Waals surface area contributed by atoms with Gasteiger partial charge in [0, 0.05) is 10.4 Å². The van der Waals surface area contributed by atoms with Gasteiger partial charge in [-0.25, -0.2) is 0 Å². The molecule has 1 aliphatic rings. The molecule has 0 unspecified atom stereocenters. The first kappa shape index (κ1) is 19.6. The van der Waals surface area contributed by atoms with Crippen LogP contribution in [0, 0.1) is 22.7 Å². The first-order valence-corrected chi connectivity index (χ1v) is 10.5. The predicted molar refractivity (Wildman–Crippen MR) is 112 cm³/mol. The van der Waals surface area contributed by atoms with Crippen LogP contribution in [0.15, 0.2) is 24.3 Å². The Labute approximate surface area is 166 Å². The molecule has 27 heavy (non-hydrogen) atoms. The van der Waals surface area contributed by atoms with E-state index in [4.69, 9.17) is 0 Å². The Balaban J connectivity index is 1.83. The minimum Gasteiger partial charge on any atom is -0.312 e. The summed E-state index contributed by atoms with van der Waals surface area (Å²) in [6.45, 7) is 11.1. The highest BCUT2D eigenvalue weighted by Gasteiger charge is 2.32. The minimum absolute atomic E-state index is 0.146. The Morgan fingerprint density at radius 1 is 1.26 bits per heavy atom. The molecule has 0 radical (unpaired) electrons. The predicted octanol–water partition coefficient (Wildman–Crippen LogP) is 6.15. The minimum atomic E-state index is -0.146. The molecule has 2 aromatic rings. The van der Waals surface area contributed by atoms with Gasteiger partial charge < -0.3 is 5.32 Å². The highest BCUT2D eigenvalue weighted by Crippen LogP contribution is 2.44. The van der Waals surface area contributed by atoms with Crippen LogP contribution in [-0.4, -0.2) is 5.91 Å². The fraction of sp³-hybridized carbons (Fsp3) is 0.478. The zero-order chi connectivity index (χ0) is 19.8. The molecular formula is C23H28N2OS. The Morgan fingerprint density at radius 2 is 1.93 bits per heavy atom. The molecule has 0 fully saturated rings. The SMILES string of the molecule is CC(C)c1ccc(C(=O)Nc2sc3c(c2C#N)CC[C@@H](C(C)(C)C)C3)cc1. The van der Waals surface area contributed by atoms with Gasteiger partial charge in [0.25, 0.3) is 5.91 Å². The van der Waals surface area contributed by atoms with Crippen LogP contribution in [-0.2, 0) is 12.8 Å². The van der Waals surface area contributed by atoms with Crippen molar-refractivity contribution < 1.29 is 4.79 Å². The number of hydrogen-bond acceptors (Lipinski definition) is 3. The number of nitriles is 1. The van der Waals surface area contributed by atoms with Gasteiger partial charge >= 0.3 is 0 Å². The molecule has 0 saturated carbocycles. The number of anilines is 1. The molecule has 1 amide bonds. The molecule has 0 aliphatic heterocycles. The van der Waals surface area contributed by atoms with Crippen molar-refractivity contribution in [3.63, 3.8) is 0 Å². The Hall–Kier alpha value is -2.12. The summed E-state index contributed by atoms with van der Waals surface area (Å²) in [6, 6.07) is 10.1. The molecule has 4 heteroatoms. The summed E-state index contributed by atoms with van der Waals surface area (Å²) >= 11 is 1.58. The number of carbonyl (C=O) groups excluding carboxylic acids is 1. The van der Waals surface area contributed by atoms with Gasteiger partial charge in [-0.3, -0.25) is 4.79 Å². The lowest BCUT2D eigenvalue weighted by Crippen LogP contribution is -2.26. The lowest BCUT2D eigenvalue weighted by molar-refractivity contribution is 0.102. The van der Waals surface area contributed by atoms with Crippen LogP contribution in [0.5, 0.6) is 0 Å². The fourth-order valence-electron chi connectivity index (χ4n) is 3.73. The topological polar surface area (TPSA) is 52.9 Å². The number of rotatable bonds is 3. The standard InChI is InChI=1S/C23H28N2OS/c1-14(2)15-6-8-16(9-7-15)21(26)25-22-19(13-24)18-11-10-17(23(3,4)5)12-20(18)27-22/h6-9,14,17H,10-12H2,1-5H3,(H,25,26)/t17-/m1/s1. The summed E-state index contributed by atoms with van der Waals surface area (Å²) in [6.07, 6.45) is 3.03. The summed E-state index contributed by atoms with van der Waals surface area (Å²) in [5, 5.41) is 13.4. The van der Waals surface area contributed by atoms with E-state index >= 15 is 0 Å². The zero-order valence-electron chi connectivity index (χ0n) is 16.8. The maximum absolute atomic E-state index is 12.7. The van der Waals surface area contributed by atoms with Crippen LogP contribution in [0.2, 0.25) is 0 Å². The first-order chi connectivity index (χ1) is 12.7. The van der Waals surface area contributed by atoms with Crippen LogP contribution in [0.25, 0.3) is 0 Å². The average molecular weight is 381 g/mol. The van der Waals surface area contributed by atoms with Gasteiger partial charge in [0.1, 0.15) is 11.1 Å². The number of fused-ring (bicyclic) bond motifs is 1. The molecule has 3 rings (SSSR count). The zero-order valence-corrected chi connectivity index (χ0v) is 17.7. The maximum Gasteiger partial charge on any atom is 0.256 e. The normalized spacial score (nSPS) is 16.7. The third kappa shape index (κ3) is 4.09. The highest BCUT2D eigenvalue weighted by molar-refractivity contribution is 7.16. The van der Waals surface area contributed by atoms with E-state index in [1.165, 1.54) is 10.4 Å². The van der Waals surface area contributed by atoms with E-state index in [0.717, 1.165) is 24.8 Å². The van der Waals surface area contributed by atoms with Crippen molar-refractivity contribution in [2.45, 2.75) is 59.8 Å². The Morgan fingerprint density at radius 3 is 2.48 bits per heavy atom. The number of nitrogens with zero attached hydrogens (tertiary/aromatic N) is 1. The molecule has 0 saturated heterocycles. The number of nitrogens with one attached hydrogen (secondary N) is 1. The number of benzene rings is 1. The van der Waals surface area contributed by atoms with Gasteiger partial charge in [-0.1, -0.05) is 46.8 Å². The number of amides is 1. The van der Waals surface area contributed by atoms with Gasteiger partial charge in [0.2, 0.25) is 0 Å². The molecule has 1 aliphatic carbocycles. The van der Waals surface area contributed by atoms with Crippen LogP contribution in [0.3, 0.4) is 0 Å². The summed E-state index contributed by atoms with van der Waals surface area (Å²) in [5.74, 6) is 0.905. The molecule has 1 heterocycles. The smallest absolute Gasteiger partial charge is 0.256 e. The van der Waals surface area contributed by atoms with Crippen molar-refractivity contribution in [1.82, 2.24) is 0 Å². The van der Waals surface area contributed by atoms with Crippen molar-refractivity contribution in [3.8, 4) is 6.07 Å². The molecular weight excluding hydrogens is 352 g/mol. The van der Waals surface area contributed by atoms with Gasteiger partial charge in [-0.2, -0.15) is 5.26 Å². The van der Waals surface area contributed by atoms with Gasteiger partial charge in [-0.15, -0.1) is 11.3 Å². The van der Waals surface area contributed by atoms with E-state index in [1.807, 2.05) is 24.3 Å². The van der Waals surface area contributed by atoms with Crippen LogP contribution in [0.1, 0.15) is 78.9 Å². The molecule has 0 bridgehead atoms. The van der Waals surface area contributed by atoms with E-state index in [2.05, 4.69) is 46.0 Å². The molecule has 0 spiro atoms. The first-order valence-electron chi connectivity index (χ1n) is 9.66. The molecule has 1 aromatic carbocycles. The van der Waals surface area contributed by atoms with Crippen LogP contribution >= 0.6 is 11.3 Å². The van der Waals surface area contributed by atoms with E-state index < -0.39 is 0 Å². The third-order valence-electron chi connectivity index (χ3n) is 5.67. The third-order valence-corrected chi connectivity index (χ3v) is 6.84. The molecule has 1 N–H and O–H groups in total. The number of carbonyl (C=O) groups is 1. The Kier molecular flexibility index (Phi) is 5.44. The van der Waals surface area contributed by atoms with Crippen LogP contribution in [0.4, 0.5) is 5.00 Å². The van der Waals surface area contributed by atoms with Crippen molar-refractivity contribution in [2.24, 2.45) is 11.3 Å². The maximum atomic E-state index is 12.7. The van der Waals surface area contributed by atoms with E-state index in [-0.39, 0.29) is 11.3 Å². The highest BCUT2D eigenvalue weighted by atomic mass is 32.1. The number of thiophene rings is 1. The molecule has 142 valence electrons. The van der Waals surface area contributed by atoms with Crippen molar-refractivity contribution in [2.75, 3.05) is 5.32 Å². The van der Waals surface area contributed by atoms with E-state index in [0.29, 0.717) is 28.0 Å². The lowest BCUT2D eigenvalue weighted by Gasteiger charge is -2.33. The van der Waals surface area contributed by atoms with E-state index in [9.17, 15) is 10.1 Å². The van der Waals surface area contributed by atoms with E-state index in [1.54, 1.807) is 11.3 Å². The summed E-state index contributed by atoms with van der Waals surface area (Å²) in [7, 11) is 0. The van der Waals surface area contributed by atoms with Gasteiger partial charge in [0.05, 0.1) is 5.56 Å². The average Bonchev–Trinajstić information content (AvgIpc) is 2.97. The molecule has 1 aromatic heterocycles. The summed E-state index contributed by atoms with van der Waals surface area (Å²) < 4.78 is 0. The van der Waals surface area contributed by atoms with Crippen LogP contribution < -0.4 is 5.32 Å². The Bertz CT molecular complexity index is 879. The summed E-state index contributed by atoms with van der Waals surface area (Å²) in [4.78, 5) is 14.0. The fourth-order valence-corrected chi connectivity index (χ4v) is 5.00. The second-order valence-electron chi connectivity index (χ2n) is 8.86. The quantitative estimate of drug-likeness (QED) is 0.694. The monoisotopic (exact) mass is 380 g/mol. The van der Waals surface area contributed by atoms with Crippen molar-refractivity contribution in [1.29, 1.82) is 5.26 Å². The lowest BCUT2D eigenvalue weighted by atomic mass is 9.72. The van der Waals surface area contributed by atoms with Crippen molar-refractivity contribution >= 4 is 22.2 Å². The van der Waals surface area contributed by atoms with Gasteiger partial charge in [0.15, 0.2) is 0 Å². The summed E-state index contributed by atoms with van der Waals surface area (Å²) in [5.41, 5.74) is 3.91. The molecule has 1 atom stereocenters. The van der Waals surface area contributed by atoms with Gasteiger partial charge in [-0.05, 0) is 59.8 Å². The second-order valence-corrected chi connectivity index (χ2v) is 9.96. The van der Waals surface area contributed by atoms with Crippen molar-refractivity contribution in [3.05, 3.63) is 51.4 Å². The number of hydrogen-bond donors (Lipinski definition) is 1. The molecule has 3 nitrogen and oxygen atoms in total. The second kappa shape index (κ2) is 7.48.